The Kier molecular flexibility index (Phi) is 5.31. The van der Waals surface area contributed by atoms with Crippen molar-refractivity contribution in [2.24, 2.45) is 0 Å². The summed E-state index contributed by atoms with van der Waals surface area (Å²) in [7, 11) is 0. The van der Waals surface area contributed by atoms with E-state index in [4.69, 9.17) is 0 Å². The van der Waals surface area contributed by atoms with E-state index in [0.29, 0.717) is 30.8 Å². The van der Waals surface area contributed by atoms with Crippen molar-refractivity contribution in [3.63, 3.8) is 0 Å². The Bertz CT molecular complexity index is 1200. The summed E-state index contributed by atoms with van der Waals surface area (Å²) in [6, 6.07) is 12.9. The van der Waals surface area contributed by atoms with E-state index in [1.54, 1.807) is 10.6 Å². The van der Waals surface area contributed by atoms with E-state index in [1.165, 1.54) is 12.3 Å². The lowest BCUT2D eigenvalue weighted by molar-refractivity contribution is 0.0694. The minimum Gasteiger partial charge on any atom is -0.477 e. The molecule has 1 saturated heterocycles. The van der Waals surface area contributed by atoms with Crippen LogP contribution in [0.5, 0.6) is 0 Å². The van der Waals surface area contributed by atoms with Gasteiger partial charge in [0.1, 0.15) is 11.4 Å². The zero-order valence-corrected chi connectivity index (χ0v) is 17.9. The summed E-state index contributed by atoms with van der Waals surface area (Å²) in [5.41, 5.74) is 0.536. The highest BCUT2D eigenvalue weighted by atomic mass is 19.1. The zero-order valence-electron chi connectivity index (χ0n) is 17.9. The number of aromatic carboxylic acids is 1. The fourth-order valence-corrected chi connectivity index (χ4v) is 4.16. The standard InChI is InChI=1S/C24H26FN3O3/c1-24(2,3)28-13-17(23(30)31)22(29)16-11-18(25)21(12-20(16)28)27-10-9-26-19(14-27)15-7-5-4-6-8-15/h4-8,11-13,19,26H,9-10,14H2,1-3H3,(H,30,31). The topological polar surface area (TPSA) is 74.6 Å². The van der Waals surface area contributed by atoms with Crippen LogP contribution in [0, 0.1) is 5.82 Å². The van der Waals surface area contributed by atoms with Crippen LogP contribution in [0.3, 0.4) is 0 Å². The van der Waals surface area contributed by atoms with Crippen molar-refractivity contribution in [1.29, 1.82) is 0 Å². The number of halogens is 1. The number of carboxylic acids is 1. The van der Waals surface area contributed by atoms with Crippen LogP contribution in [0.2, 0.25) is 0 Å². The first kappa shape index (κ1) is 21.1. The lowest BCUT2D eigenvalue weighted by atomic mass is 10.0. The maximum Gasteiger partial charge on any atom is 0.341 e. The summed E-state index contributed by atoms with van der Waals surface area (Å²) in [6.45, 7) is 7.66. The number of anilines is 1. The van der Waals surface area contributed by atoms with Gasteiger partial charge in [0, 0.05) is 42.8 Å². The average molecular weight is 423 g/mol. The molecular weight excluding hydrogens is 397 g/mol. The maximum atomic E-state index is 15.2. The minimum atomic E-state index is -1.32. The lowest BCUT2D eigenvalue weighted by Crippen LogP contribution is -2.46. The summed E-state index contributed by atoms with van der Waals surface area (Å²) in [5, 5.41) is 13.0. The molecule has 0 radical (unpaired) electrons. The first-order valence-electron chi connectivity index (χ1n) is 10.3. The quantitative estimate of drug-likeness (QED) is 0.671. The number of hydrogen-bond donors (Lipinski definition) is 2. The average Bonchev–Trinajstić information content (AvgIpc) is 2.73. The second-order valence-electron chi connectivity index (χ2n) is 8.90. The number of benzene rings is 2. The van der Waals surface area contributed by atoms with Crippen LogP contribution in [0.25, 0.3) is 10.9 Å². The fraction of sp³-hybridized carbons (Fsp3) is 0.333. The summed E-state index contributed by atoms with van der Waals surface area (Å²) in [6.07, 6.45) is 1.36. The van der Waals surface area contributed by atoms with Crippen LogP contribution >= 0.6 is 0 Å². The van der Waals surface area contributed by atoms with E-state index in [2.05, 4.69) is 5.32 Å². The van der Waals surface area contributed by atoms with Crippen LogP contribution in [0.1, 0.15) is 42.7 Å². The van der Waals surface area contributed by atoms with Crippen molar-refractivity contribution in [3.05, 3.63) is 75.8 Å². The van der Waals surface area contributed by atoms with Gasteiger partial charge in [0.2, 0.25) is 5.43 Å². The molecule has 6 nitrogen and oxygen atoms in total. The predicted octanol–water partition coefficient (Wildman–Crippen LogP) is 3.74. The molecule has 3 aromatic rings. The molecule has 1 unspecified atom stereocenters. The predicted molar refractivity (Wildman–Crippen MR) is 120 cm³/mol. The highest BCUT2D eigenvalue weighted by Gasteiger charge is 2.26. The van der Waals surface area contributed by atoms with E-state index in [0.717, 1.165) is 5.56 Å². The van der Waals surface area contributed by atoms with Crippen molar-refractivity contribution in [1.82, 2.24) is 9.88 Å². The Hall–Kier alpha value is -3.19. The lowest BCUT2D eigenvalue weighted by Gasteiger charge is -2.36. The number of carboxylic acid groups (broad SMARTS) is 1. The van der Waals surface area contributed by atoms with Gasteiger partial charge in [-0.3, -0.25) is 4.79 Å². The van der Waals surface area contributed by atoms with E-state index >= 15 is 4.39 Å². The third kappa shape index (κ3) is 3.93. The second-order valence-corrected chi connectivity index (χ2v) is 8.90. The number of pyridine rings is 1. The van der Waals surface area contributed by atoms with E-state index in [9.17, 15) is 14.7 Å². The molecule has 31 heavy (non-hydrogen) atoms. The van der Waals surface area contributed by atoms with Gasteiger partial charge in [0.15, 0.2) is 0 Å². The molecule has 2 aromatic carbocycles. The monoisotopic (exact) mass is 423 g/mol. The summed E-state index contributed by atoms with van der Waals surface area (Å²) in [5.74, 6) is -1.84. The number of piperazine rings is 1. The largest absolute Gasteiger partial charge is 0.477 e. The molecule has 7 heteroatoms. The number of aromatic nitrogens is 1. The highest BCUT2D eigenvalue weighted by Crippen LogP contribution is 2.30. The van der Waals surface area contributed by atoms with Gasteiger partial charge in [-0.25, -0.2) is 9.18 Å². The number of nitrogens with zero attached hydrogens (tertiary/aromatic N) is 2. The number of nitrogens with one attached hydrogen (secondary N) is 1. The molecule has 1 aromatic heterocycles. The van der Waals surface area contributed by atoms with Crippen molar-refractivity contribution < 1.29 is 14.3 Å². The molecule has 1 fully saturated rings. The van der Waals surface area contributed by atoms with Crippen molar-refractivity contribution in [2.45, 2.75) is 32.4 Å². The SMILES string of the molecule is CC(C)(C)n1cc(C(=O)O)c(=O)c2cc(F)c(N3CCNC(c4ccccc4)C3)cc21. The molecule has 1 aliphatic heterocycles. The number of carbonyl (C=O) groups is 1. The Morgan fingerprint density at radius 2 is 1.90 bits per heavy atom. The van der Waals surface area contributed by atoms with Gasteiger partial charge >= 0.3 is 5.97 Å². The molecule has 0 aliphatic carbocycles. The fourth-order valence-electron chi connectivity index (χ4n) is 4.16. The molecule has 162 valence electrons. The van der Waals surface area contributed by atoms with Crippen LogP contribution in [-0.2, 0) is 5.54 Å². The van der Waals surface area contributed by atoms with Gasteiger partial charge in [-0.2, -0.15) is 0 Å². The molecule has 2 N–H and O–H groups in total. The number of hydrogen-bond acceptors (Lipinski definition) is 4. The normalized spacial score (nSPS) is 17.2. The molecule has 0 saturated carbocycles. The first-order chi connectivity index (χ1) is 14.7. The second kappa shape index (κ2) is 7.81. The number of rotatable bonds is 3. The maximum absolute atomic E-state index is 15.2. The Labute approximate surface area is 179 Å². The molecule has 0 amide bonds. The summed E-state index contributed by atoms with van der Waals surface area (Å²) >= 11 is 0. The van der Waals surface area contributed by atoms with Gasteiger partial charge in [0.05, 0.1) is 11.2 Å². The van der Waals surface area contributed by atoms with Crippen LogP contribution < -0.4 is 15.6 Å². The van der Waals surface area contributed by atoms with Gasteiger partial charge in [-0.1, -0.05) is 30.3 Å². The van der Waals surface area contributed by atoms with Crippen LogP contribution in [0.4, 0.5) is 10.1 Å². The van der Waals surface area contributed by atoms with E-state index in [1.807, 2.05) is 56.0 Å². The van der Waals surface area contributed by atoms with Gasteiger partial charge in [-0.15, -0.1) is 0 Å². The van der Waals surface area contributed by atoms with Gasteiger partial charge < -0.3 is 19.9 Å². The van der Waals surface area contributed by atoms with E-state index < -0.39 is 22.8 Å². The Morgan fingerprint density at radius 1 is 1.19 bits per heavy atom. The molecular formula is C24H26FN3O3. The molecule has 1 aliphatic rings. The molecule has 1 atom stereocenters. The summed E-state index contributed by atoms with van der Waals surface area (Å²) in [4.78, 5) is 26.3. The third-order valence-electron chi connectivity index (χ3n) is 5.74. The molecule has 0 spiro atoms. The van der Waals surface area contributed by atoms with Gasteiger partial charge in [-0.05, 0) is 38.5 Å². The smallest absolute Gasteiger partial charge is 0.341 e. The van der Waals surface area contributed by atoms with Gasteiger partial charge in [0.25, 0.3) is 0 Å². The Balaban J connectivity index is 1.84. The van der Waals surface area contributed by atoms with Crippen molar-refractivity contribution in [2.75, 3.05) is 24.5 Å². The molecule has 2 heterocycles. The number of fused-ring (bicyclic) bond motifs is 1. The molecule has 4 rings (SSSR count). The van der Waals surface area contributed by atoms with Crippen molar-refractivity contribution >= 4 is 22.6 Å². The highest BCUT2D eigenvalue weighted by molar-refractivity contribution is 5.93. The summed E-state index contributed by atoms with van der Waals surface area (Å²) < 4.78 is 17.0. The van der Waals surface area contributed by atoms with Crippen LogP contribution in [0.15, 0.2) is 53.5 Å². The van der Waals surface area contributed by atoms with E-state index in [-0.39, 0.29) is 17.0 Å². The minimum absolute atomic E-state index is 0.0595. The molecule has 0 bridgehead atoms. The van der Waals surface area contributed by atoms with Crippen molar-refractivity contribution in [3.8, 4) is 0 Å². The third-order valence-corrected chi connectivity index (χ3v) is 5.74. The Morgan fingerprint density at radius 3 is 2.55 bits per heavy atom. The first-order valence-corrected chi connectivity index (χ1v) is 10.3. The van der Waals surface area contributed by atoms with Crippen LogP contribution in [-0.4, -0.2) is 35.3 Å². The zero-order chi connectivity index (χ0) is 22.3.